The molecule has 5 nitrogen and oxygen atoms in total. The van der Waals surface area contributed by atoms with E-state index in [1.807, 2.05) is 30.3 Å². The zero-order valence-electron chi connectivity index (χ0n) is 12.6. The first-order valence-corrected chi connectivity index (χ1v) is 6.93. The highest BCUT2D eigenvalue weighted by Gasteiger charge is 2.07. The molecule has 0 aliphatic carbocycles. The van der Waals surface area contributed by atoms with E-state index in [1.165, 1.54) is 12.1 Å². The lowest BCUT2D eigenvalue weighted by atomic mass is 10.1. The second-order valence-corrected chi connectivity index (χ2v) is 4.86. The maximum atomic E-state index is 13.1. The molecule has 0 bridgehead atoms. The fourth-order valence-electron chi connectivity index (χ4n) is 2.06. The van der Waals surface area contributed by atoms with Gasteiger partial charge in [-0.2, -0.15) is 5.26 Å². The third-order valence-electron chi connectivity index (χ3n) is 3.11. The van der Waals surface area contributed by atoms with Crippen molar-refractivity contribution in [2.75, 3.05) is 12.4 Å². The molecule has 2 aromatic rings. The molecule has 0 aromatic heterocycles. The van der Waals surface area contributed by atoms with Gasteiger partial charge in [0.1, 0.15) is 11.9 Å². The summed E-state index contributed by atoms with van der Waals surface area (Å²) in [7, 11) is 1.62. The molecule has 0 unspecified atom stereocenters. The number of anilines is 1. The van der Waals surface area contributed by atoms with Gasteiger partial charge in [0.25, 0.3) is 0 Å². The fraction of sp³-hybridized carbons (Fsp3) is 0.176. The minimum atomic E-state index is -0.525. The van der Waals surface area contributed by atoms with Gasteiger partial charge in [-0.15, -0.1) is 0 Å². The molecule has 2 N–H and O–H groups in total. The van der Waals surface area contributed by atoms with Crippen molar-refractivity contribution in [3.05, 3.63) is 65.0 Å². The van der Waals surface area contributed by atoms with E-state index < -0.39 is 11.8 Å². The van der Waals surface area contributed by atoms with Gasteiger partial charge in [0.15, 0.2) is 0 Å². The Morgan fingerprint density at radius 3 is 2.78 bits per heavy atom. The molecule has 2 rings (SSSR count). The summed E-state index contributed by atoms with van der Waals surface area (Å²) < 4.78 is 18.1. The average Bonchev–Trinajstić information content (AvgIpc) is 2.55. The van der Waals surface area contributed by atoms with Crippen LogP contribution in [0.5, 0.6) is 0 Å². The molecule has 0 saturated carbocycles. The van der Waals surface area contributed by atoms with Crippen molar-refractivity contribution in [1.29, 1.82) is 5.26 Å². The van der Waals surface area contributed by atoms with Crippen LogP contribution in [0, 0.1) is 17.1 Å². The first-order chi connectivity index (χ1) is 11.1. The van der Waals surface area contributed by atoms with Crippen molar-refractivity contribution in [3.63, 3.8) is 0 Å². The van der Waals surface area contributed by atoms with E-state index in [1.54, 1.807) is 7.11 Å². The van der Waals surface area contributed by atoms with Crippen LogP contribution in [0.15, 0.2) is 42.5 Å². The van der Waals surface area contributed by atoms with Crippen molar-refractivity contribution < 1.29 is 13.9 Å². The number of halogens is 1. The first-order valence-electron chi connectivity index (χ1n) is 6.93. The van der Waals surface area contributed by atoms with Crippen molar-refractivity contribution in [2.24, 2.45) is 0 Å². The van der Waals surface area contributed by atoms with Crippen LogP contribution in [0.1, 0.15) is 16.7 Å². The number of nitrogens with zero attached hydrogens (tertiary/aromatic N) is 1. The smallest absolute Gasteiger partial charge is 0.319 e. The van der Waals surface area contributed by atoms with Gasteiger partial charge in [-0.05, 0) is 29.3 Å². The van der Waals surface area contributed by atoms with Crippen LogP contribution in [-0.2, 0) is 17.9 Å². The number of amides is 2. The maximum absolute atomic E-state index is 13.1. The van der Waals surface area contributed by atoms with Gasteiger partial charge < -0.3 is 15.4 Å². The molecule has 118 valence electrons. The number of ether oxygens (including phenoxy) is 1. The number of nitriles is 1. The minimum absolute atomic E-state index is 0.0715. The van der Waals surface area contributed by atoms with Crippen molar-refractivity contribution in [3.8, 4) is 6.07 Å². The molecule has 0 heterocycles. The number of carbonyl (C=O) groups excluding carboxylic acids is 1. The highest BCUT2D eigenvalue weighted by atomic mass is 19.1. The number of carbonyl (C=O) groups is 1. The van der Waals surface area contributed by atoms with Gasteiger partial charge in [0.2, 0.25) is 0 Å². The van der Waals surface area contributed by atoms with Crippen LogP contribution < -0.4 is 10.6 Å². The van der Waals surface area contributed by atoms with Crippen LogP contribution in [-0.4, -0.2) is 13.1 Å². The van der Waals surface area contributed by atoms with E-state index >= 15 is 0 Å². The van der Waals surface area contributed by atoms with Crippen LogP contribution in [0.3, 0.4) is 0 Å². The van der Waals surface area contributed by atoms with Gasteiger partial charge in [0, 0.05) is 13.7 Å². The molecule has 2 amide bonds. The largest absolute Gasteiger partial charge is 0.380 e. The normalized spacial score (nSPS) is 9.96. The fourth-order valence-corrected chi connectivity index (χ4v) is 2.06. The van der Waals surface area contributed by atoms with Crippen molar-refractivity contribution in [1.82, 2.24) is 5.32 Å². The number of nitrogens with one attached hydrogen (secondary N) is 2. The molecule has 6 heteroatoms. The van der Waals surface area contributed by atoms with Gasteiger partial charge in [-0.3, -0.25) is 0 Å². The Labute approximate surface area is 133 Å². The van der Waals surface area contributed by atoms with E-state index in [0.29, 0.717) is 13.2 Å². The Balaban J connectivity index is 1.95. The van der Waals surface area contributed by atoms with Crippen LogP contribution in [0.25, 0.3) is 0 Å². The molecular formula is C17H16FN3O2. The highest BCUT2D eigenvalue weighted by Crippen LogP contribution is 2.15. The zero-order chi connectivity index (χ0) is 16.7. The van der Waals surface area contributed by atoms with E-state index in [9.17, 15) is 9.18 Å². The number of hydrogen-bond acceptors (Lipinski definition) is 3. The van der Waals surface area contributed by atoms with Crippen molar-refractivity contribution in [2.45, 2.75) is 13.2 Å². The van der Waals surface area contributed by atoms with E-state index in [-0.39, 0.29) is 11.3 Å². The molecule has 0 aliphatic rings. The summed E-state index contributed by atoms with van der Waals surface area (Å²) in [5.41, 5.74) is 2.27. The molecule has 0 atom stereocenters. The summed E-state index contributed by atoms with van der Waals surface area (Å²) in [5.74, 6) is -0.525. The summed E-state index contributed by atoms with van der Waals surface area (Å²) in [5, 5.41) is 14.2. The molecule has 2 aromatic carbocycles. The molecule has 0 saturated heterocycles. The third kappa shape index (κ3) is 4.80. The second kappa shape index (κ2) is 7.92. The number of benzene rings is 2. The zero-order valence-corrected chi connectivity index (χ0v) is 12.6. The Kier molecular flexibility index (Phi) is 5.67. The monoisotopic (exact) mass is 313 g/mol. The van der Waals surface area contributed by atoms with Crippen LogP contribution in [0.4, 0.5) is 14.9 Å². The molecular weight excluding hydrogens is 297 g/mol. The average molecular weight is 313 g/mol. The van der Waals surface area contributed by atoms with E-state index in [4.69, 9.17) is 10.00 Å². The number of rotatable bonds is 5. The number of hydrogen-bond donors (Lipinski definition) is 2. The molecule has 0 spiro atoms. The predicted molar refractivity (Wildman–Crippen MR) is 84.1 cm³/mol. The predicted octanol–water partition coefficient (Wildman–Crippen LogP) is 3.17. The Morgan fingerprint density at radius 1 is 1.26 bits per heavy atom. The standard InChI is InChI=1S/C17H16FN3O2/c1-23-11-13-4-2-3-12(7-13)10-20-17(22)21-16-6-5-15(18)8-14(16)9-19/h2-8H,10-11H2,1H3,(H2,20,21,22). The van der Waals surface area contributed by atoms with Gasteiger partial charge in [0.05, 0.1) is 17.9 Å². The van der Waals surface area contributed by atoms with E-state index in [0.717, 1.165) is 17.2 Å². The van der Waals surface area contributed by atoms with Crippen LogP contribution in [0.2, 0.25) is 0 Å². The molecule has 23 heavy (non-hydrogen) atoms. The summed E-state index contributed by atoms with van der Waals surface area (Å²) in [4.78, 5) is 11.9. The molecule has 0 fully saturated rings. The second-order valence-electron chi connectivity index (χ2n) is 4.86. The molecule has 0 radical (unpaired) electrons. The minimum Gasteiger partial charge on any atom is -0.380 e. The van der Waals surface area contributed by atoms with Crippen LogP contribution >= 0.6 is 0 Å². The summed E-state index contributed by atoms with van der Waals surface area (Å²) in [6.07, 6.45) is 0. The first kappa shape index (κ1) is 16.5. The van der Waals surface area contributed by atoms with E-state index in [2.05, 4.69) is 10.6 Å². The lowest BCUT2D eigenvalue weighted by molar-refractivity contribution is 0.185. The Morgan fingerprint density at radius 2 is 2.04 bits per heavy atom. The quantitative estimate of drug-likeness (QED) is 0.890. The summed E-state index contributed by atoms with van der Waals surface area (Å²) >= 11 is 0. The maximum Gasteiger partial charge on any atom is 0.319 e. The Hall–Kier alpha value is -2.91. The summed E-state index contributed by atoms with van der Waals surface area (Å²) in [6, 6.07) is 12.6. The Bertz CT molecular complexity index is 741. The van der Waals surface area contributed by atoms with Crippen molar-refractivity contribution >= 4 is 11.7 Å². The highest BCUT2D eigenvalue weighted by molar-refractivity contribution is 5.90. The molecule has 0 aliphatic heterocycles. The topological polar surface area (TPSA) is 74.2 Å². The van der Waals surface area contributed by atoms with Gasteiger partial charge in [-0.25, -0.2) is 9.18 Å². The van der Waals surface area contributed by atoms with Gasteiger partial charge >= 0.3 is 6.03 Å². The lowest BCUT2D eigenvalue weighted by Gasteiger charge is -2.10. The lowest BCUT2D eigenvalue weighted by Crippen LogP contribution is -2.28. The third-order valence-corrected chi connectivity index (χ3v) is 3.11. The number of urea groups is 1. The SMILES string of the molecule is COCc1cccc(CNC(=O)Nc2ccc(F)cc2C#N)c1. The van der Waals surface area contributed by atoms with Gasteiger partial charge in [-0.1, -0.05) is 24.3 Å². The number of methoxy groups -OCH3 is 1. The summed E-state index contributed by atoms with van der Waals surface area (Å²) in [6.45, 7) is 0.827.